The fourth-order valence-electron chi connectivity index (χ4n) is 2.63. The topological polar surface area (TPSA) is 17.1 Å². The second kappa shape index (κ2) is 5.17. The summed E-state index contributed by atoms with van der Waals surface area (Å²) in [5.41, 5.74) is 1.58. The maximum Gasteiger partial charge on any atom is 0.171 e. The Labute approximate surface area is 123 Å². The molecule has 1 atom stereocenters. The molecule has 98 valence electrons. The molecule has 0 aliphatic heterocycles. The van der Waals surface area contributed by atoms with Crippen LogP contribution in [-0.2, 0) is 6.42 Å². The zero-order valence-electron chi connectivity index (χ0n) is 10.2. The first-order valence-electron chi connectivity index (χ1n) is 6.22. The summed E-state index contributed by atoms with van der Waals surface area (Å²) in [5.74, 6) is -0.466. The van der Waals surface area contributed by atoms with Crippen LogP contribution in [0, 0.1) is 5.82 Å². The standard InChI is InChI=1S/C15H12BrFOS/c16-13-5-4-9(17)8-12(13)15(18)11-2-1-3-14-10(11)6-7-19-14/h4-8,11H,1-3H2. The predicted molar refractivity (Wildman–Crippen MR) is 78.4 cm³/mol. The molecule has 1 aliphatic rings. The van der Waals surface area contributed by atoms with Gasteiger partial charge in [0, 0.05) is 20.8 Å². The van der Waals surface area contributed by atoms with Crippen molar-refractivity contribution in [1.82, 2.24) is 0 Å². The lowest BCUT2D eigenvalue weighted by Gasteiger charge is -2.21. The molecule has 0 spiro atoms. The first-order chi connectivity index (χ1) is 9.16. The Bertz CT molecular complexity index is 635. The Morgan fingerprint density at radius 3 is 3.05 bits per heavy atom. The number of halogens is 2. The maximum atomic E-state index is 13.3. The minimum absolute atomic E-state index is 0.0192. The number of benzene rings is 1. The molecule has 1 aliphatic carbocycles. The minimum atomic E-state index is -0.368. The summed E-state index contributed by atoms with van der Waals surface area (Å²) in [6, 6.07) is 6.32. The molecule has 1 aromatic heterocycles. The molecule has 1 heterocycles. The van der Waals surface area contributed by atoms with E-state index in [2.05, 4.69) is 15.9 Å². The molecule has 19 heavy (non-hydrogen) atoms. The number of hydrogen-bond donors (Lipinski definition) is 0. The monoisotopic (exact) mass is 338 g/mol. The van der Waals surface area contributed by atoms with E-state index in [1.165, 1.54) is 17.0 Å². The van der Waals surface area contributed by atoms with Crippen molar-refractivity contribution >= 4 is 33.0 Å². The van der Waals surface area contributed by atoms with Crippen LogP contribution in [0.15, 0.2) is 34.1 Å². The van der Waals surface area contributed by atoms with Crippen molar-refractivity contribution in [3.05, 3.63) is 55.9 Å². The Morgan fingerprint density at radius 2 is 2.21 bits per heavy atom. The predicted octanol–water partition coefficient (Wildman–Crippen LogP) is 4.95. The van der Waals surface area contributed by atoms with Crippen molar-refractivity contribution in [1.29, 1.82) is 0 Å². The van der Waals surface area contributed by atoms with Crippen LogP contribution in [0.4, 0.5) is 4.39 Å². The number of Topliss-reactive ketones (excluding diaryl/α,β-unsaturated/α-hetero) is 1. The molecule has 1 unspecified atom stereocenters. The van der Waals surface area contributed by atoms with E-state index >= 15 is 0 Å². The molecular formula is C15H12BrFOS. The summed E-state index contributed by atoms with van der Waals surface area (Å²) in [7, 11) is 0. The number of carbonyl (C=O) groups excluding carboxylic acids is 1. The summed E-state index contributed by atoms with van der Waals surface area (Å²) in [4.78, 5) is 13.9. The second-order valence-corrected chi connectivity index (χ2v) is 6.59. The minimum Gasteiger partial charge on any atom is -0.293 e. The Hall–Kier alpha value is -1.00. The molecular weight excluding hydrogens is 327 g/mol. The van der Waals surface area contributed by atoms with Gasteiger partial charge in [-0.25, -0.2) is 4.39 Å². The highest BCUT2D eigenvalue weighted by atomic mass is 79.9. The summed E-state index contributed by atoms with van der Waals surface area (Å²) >= 11 is 5.05. The lowest BCUT2D eigenvalue weighted by Crippen LogP contribution is -2.18. The number of hydrogen-bond acceptors (Lipinski definition) is 2. The molecule has 1 nitrogen and oxygen atoms in total. The van der Waals surface area contributed by atoms with Crippen LogP contribution >= 0.6 is 27.3 Å². The molecule has 0 amide bonds. The largest absolute Gasteiger partial charge is 0.293 e. The van der Waals surface area contributed by atoms with Crippen LogP contribution in [0.1, 0.15) is 39.6 Å². The second-order valence-electron chi connectivity index (χ2n) is 4.73. The third kappa shape index (κ3) is 2.39. The highest BCUT2D eigenvalue weighted by molar-refractivity contribution is 9.10. The molecule has 2 aromatic rings. The number of ketones is 1. The van der Waals surface area contributed by atoms with Crippen molar-refractivity contribution in [2.75, 3.05) is 0 Å². The number of aryl methyl sites for hydroxylation is 1. The van der Waals surface area contributed by atoms with E-state index in [0.29, 0.717) is 10.0 Å². The molecule has 0 fully saturated rings. The van der Waals surface area contributed by atoms with Gasteiger partial charge in [0.25, 0.3) is 0 Å². The van der Waals surface area contributed by atoms with E-state index in [1.807, 2.05) is 11.4 Å². The molecule has 0 bridgehead atoms. The van der Waals surface area contributed by atoms with Crippen LogP contribution in [0.5, 0.6) is 0 Å². The van der Waals surface area contributed by atoms with E-state index in [0.717, 1.165) is 24.8 Å². The van der Waals surface area contributed by atoms with Gasteiger partial charge in [-0.15, -0.1) is 11.3 Å². The lowest BCUT2D eigenvalue weighted by molar-refractivity contribution is 0.0950. The normalized spacial score (nSPS) is 18.1. The van der Waals surface area contributed by atoms with Crippen molar-refractivity contribution in [3.63, 3.8) is 0 Å². The number of carbonyl (C=O) groups is 1. The van der Waals surface area contributed by atoms with E-state index in [-0.39, 0.29) is 17.5 Å². The quantitative estimate of drug-likeness (QED) is 0.708. The van der Waals surface area contributed by atoms with Gasteiger partial charge >= 0.3 is 0 Å². The summed E-state index contributed by atoms with van der Waals surface area (Å²) in [6.45, 7) is 0. The average Bonchev–Trinajstić information content (AvgIpc) is 2.89. The Balaban J connectivity index is 2.00. The summed E-state index contributed by atoms with van der Waals surface area (Å²) < 4.78 is 14.0. The Morgan fingerprint density at radius 1 is 1.37 bits per heavy atom. The molecule has 0 saturated carbocycles. The van der Waals surface area contributed by atoms with Crippen molar-refractivity contribution < 1.29 is 9.18 Å². The summed E-state index contributed by atoms with van der Waals surface area (Å²) in [6.07, 6.45) is 2.93. The van der Waals surface area contributed by atoms with Gasteiger partial charge in [-0.1, -0.05) is 15.9 Å². The average molecular weight is 339 g/mol. The first-order valence-corrected chi connectivity index (χ1v) is 7.89. The van der Waals surface area contributed by atoms with Crippen LogP contribution in [0.25, 0.3) is 0 Å². The molecule has 1 aromatic carbocycles. The molecule has 3 rings (SSSR count). The zero-order chi connectivity index (χ0) is 13.4. The highest BCUT2D eigenvalue weighted by Crippen LogP contribution is 2.38. The van der Waals surface area contributed by atoms with Crippen molar-refractivity contribution in [2.45, 2.75) is 25.2 Å². The van der Waals surface area contributed by atoms with Crippen molar-refractivity contribution in [3.8, 4) is 0 Å². The van der Waals surface area contributed by atoms with Gasteiger partial charge in [0.2, 0.25) is 0 Å². The van der Waals surface area contributed by atoms with E-state index in [4.69, 9.17) is 0 Å². The van der Waals surface area contributed by atoms with E-state index < -0.39 is 0 Å². The van der Waals surface area contributed by atoms with Gasteiger partial charge in [-0.05, 0) is 54.5 Å². The van der Waals surface area contributed by atoms with E-state index in [9.17, 15) is 9.18 Å². The van der Waals surface area contributed by atoms with Gasteiger partial charge in [0.1, 0.15) is 5.82 Å². The number of rotatable bonds is 2. The maximum absolute atomic E-state index is 13.3. The van der Waals surface area contributed by atoms with Gasteiger partial charge in [-0.3, -0.25) is 4.79 Å². The molecule has 0 radical (unpaired) electrons. The van der Waals surface area contributed by atoms with Gasteiger partial charge in [-0.2, -0.15) is 0 Å². The zero-order valence-corrected chi connectivity index (χ0v) is 12.6. The van der Waals surface area contributed by atoms with Gasteiger partial charge in [0.15, 0.2) is 5.78 Å². The van der Waals surface area contributed by atoms with Crippen LogP contribution in [0.2, 0.25) is 0 Å². The number of fused-ring (bicyclic) bond motifs is 1. The molecule has 4 heteroatoms. The lowest BCUT2D eigenvalue weighted by atomic mass is 9.82. The fraction of sp³-hybridized carbons (Fsp3) is 0.267. The third-order valence-electron chi connectivity index (χ3n) is 3.56. The SMILES string of the molecule is O=C(c1cc(F)ccc1Br)C1CCCc2sccc21. The third-order valence-corrected chi connectivity index (χ3v) is 5.25. The fourth-order valence-corrected chi connectivity index (χ4v) is 4.06. The molecule has 0 saturated heterocycles. The van der Waals surface area contributed by atoms with E-state index in [1.54, 1.807) is 17.4 Å². The van der Waals surface area contributed by atoms with Gasteiger partial charge in [0.05, 0.1) is 0 Å². The smallest absolute Gasteiger partial charge is 0.171 e. The van der Waals surface area contributed by atoms with Crippen LogP contribution < -0.4 is 0 Å². The van der Waals surface area contributed by atoms with Crippen molar-refractivity contribution in [2.24, 2.45) is 0 Å². The number of thiophene rings is 1. The summed E-state index contributed by atoms with van der Waals surface area (Å²) in [5, 5.41) is 2.04. The highest BCUT2D eigenvalue weighted by Gasteiger charge is 2.29. The molecule has 0 N–H and O–H groups in total. The van der Waals surface area contributed by atoms with Crippen LogP contribution in [-0.4, -0.2) is 5.78 Å². The van der Waals surface area contributed by atoms with Gasteiger partial charge < -0.3 is 0 Å². The Kier molecular flexibility index (Phi) is 3.54. The van der Waals surface area contributed by atoms with Crippen LogP contribution in [0.3, 0.4) is 0 Å². The first kappa shape index (κ1) is 13.0.